The number of hydrogen-bond acceptors (Lipinski definition) is 4. The van der Waals surface area contributed by atoms with Gasteiger partial charge in [0.2, 0.25) is 5.91 Å². The predicted molar refractivity (Wildman–Crippen MR) is 115 cm³/mol. The maximum Gasteiger partial charge on any atom is 0.248 e. The largest absolute Gasteiger partial charge is 0.318 e. The minimum Gasteiger partial charge on any atom is -0.318 e. The van der Waals surface area contributed by atoms with E-state index in [2.05, 4.69) is 4.99 Å². The number of benzene rings is 2. The quantitative estimate of drug-likeness (QED) is 0.552. The van der Waals surface area contributed by atoms with Crippen LogP contribution >= 0.6 is 34.5 Å². The number of halogens is 2. The van der Waals surface area contributed by atoms with Crippen molar-refractivity contribution in [3.05, 3.63) is 62.9 Å². The first kappa shape index (κ1) is 21.0. The Labute approximate surface area is 177 Å². The Hall–Kier alpha value is -1.67. The average molecular weight is 457 g/mol. The lowest BCUT2D eigenvalue weighted by Gasteiger charge is -2.03. The van der Waals surface area contributed by atoms with E-state index in [0.717, 1.165) is 15.8 Å². The van der Waals surface area contributed by atoms with Gasteiger partial charge in [0, 0.05) is 13.5 Å². The molecular weight excluding hydrogens is 439 g/mol. The van der Waals surface area contributed by atoms with Gasteiger partial charge in [0.05, 0.1) is 31.8 Å². The molecule has 5 nitrogen and oxygen atoms in total. The highest BCUT2D eigenvalue weighted by Crippen LogP contribution is 2.31. The standard InChI is InChI=1S/C19H18Cl2N2O3S2/c1-23-17-14(20)9-10-15(21)18(17)27-19(23)22-16(24)8-5-11-28(25,26)12-13-6-3-2-4-7-13/h2-4,6-7,9-10H,5,8,11-12H2,1H3. The lowest BCUT2D eigenvalue weighted by Crippen LogP contribution is -2.14. The van der Waals surface area contributed by atoms with E-state index in [1.54, 1.807) is 48.0 Å². The molecule has 0 aliphatic rings. The summed E-state index contributed by atoms with van der Waals surface area (Å²) in [6.45, 7) is 0. The van der Waals surface area contributed by atoms with Gasteiger partial charge >= 0.3 is 0 Å². The van der Waals surface area contributed by atoms with Gasteiger partial charge in [0.15, 0.2) is 14.6 Å². The number of thiazole rings is 1. The number of fused-ring (bicyclic) bond motifs is 1. The van der Waals surface area contributed by atoms with Gasteiger partial charge in [-0.25, -0.2) is 8.42 Å². The van der Waals surface area contributed by atoms with Gasteiger partial charge in [-0.2, -0.15) is 4.99 Å². The number of aromatic nitrogens is 1. The Morgan fingerprint density at radius 3 is 2.46 bits per heavy atom. The van der Waals surface area contributed by atoms with E-state index in [9.17, 15) is 13.2 Å². The molecule has 3 rings (SSSR count). The van der Waals surface area contributed by atoms with E-state index in [1.807, 2.05) is 6.07 Å². The van der Waals surface area contributed by atoms with E-state index in [-0.39, 0.29) is 30.3 Å². The van der Waals surface area contributed by atoms with Gasteiger partial charge in [-0.3, -0.25) is 4.79 Å². The lowest BCUT2D eigenvalue weighted by molar-refractivity contribution is -0.118. The molecule has 0 saturated carbocycles. The molecule has 9 heteroatoms. The number of aryl methyl sites for hydroxylation is 1. The Kier molecular flexibility index (Phi) is 6.60. The van der Waals surface area contributed by atoms with Crippen LogP contribution in [0, 0.1) is 0 Å². The summed E-state index contributed by atoms with van der Waals surface area (Å²) in [7, 11) is -1.51. The fraction of sp³-hybridized carbons (Fsp3) is 0.263. The number of hydrogen-bond donors (Lipinski definition) is 0. The maximum absolute atomic E-state index is 12.2. The Balaban J connectivity index is 1.68. The second kappa shape index (κ2) is 8.78. The van der Waals surface area contributed by atoms with Crippen LogP contribution in [0.3, 0.4) is 0 Å². The molecule has 0 aliphatic carbocycles. The van der Waals surface area contributed by atoms with Crippen molar-refractivity contribution in [3.63, 3.8) is 0 Å². The van der Waals surface area contributed by atoms with E-state index >= 15 is 0 Å². The van der Waals surface area contributed by atoms with Crippen LogP contribution in [0.2, 0.25) is 10.0 Å². The van der Waals surface area contributed by atoms with Crippen molar-refractivity contribution in [2.45, 2.75) is 18.6 Å². The first-order chi connectivity index (χ1) is 13.3. The first-order valence-electron chi connectivity index (χ1n) is 8.52. The Bertz CT molecular complexity index is 1180. The zero-order chi connectivity index (χ0) is 20.3. The molecule has 0 N–H and O–H groups in total. The molecule has 0 fully saturated rings. The fourth-order valence-electron chi connectivity index (χ4n) is 2.79. The third-order valence-corrected chi connectivity index (χ3v) is 7.73. The van der Waals surface area contributed by atoms with Crippen LogP contribution < -0.4 is 4.80 Å². The second-order valence-electron chi connectivity index (χ2n) is 6.34. The lowest BCUT2D eigenvalue weighted by atomic mass is 10.2. The molecule has 1 amide bonds. The van der Waals surface area contributed by atoms with Crippen molar-refractivity contribution in [2.24, 2.45) is 12.0 Å². The summed E-state index contributed by atoms with van der Waals surface area (Å²) < 4.78 is 26.9. The van der Waals surface area contributed by atoms with Crippen molar-refractivity contribution >= 4 is 60.5 Å². The second-order valence-corrected chi connectivity index (χ2v) is 10.3. The smallest absolute Gasteiger partial charge is 0.248 e. The molecule has 2 aromatic carbocycles. The average Bonchev–Trinajstić information content (AvgIpc) is 2.96. The molecule has 0 aliphatic heterocycles. The molecular formula is C19H18Cl2N2O3S2. The van der Waals surface area contributed by atoms with Crippen LogP contribution in [0.4, 0.5) is 0 Å². The number of nitrogens with zero attached hydrogens (tertiary/aromatic N) is 2. The number of amides is 1. The Morgan fingerprint density at radius 1 is 1.11 bits per heavy atom. The van der Waals surface area contributed by atoms with E-state index < -0.39 is 9.84 Å². The first-order valence-corrected chi connectivity index (χ1v) is 11.9. The van der Waals surface area contributed by atoms with Gasteiger partial charge in [-0.15, -0.1) is 0 Å². The van der Waals surface area contributed by atoms with Gasteiger partial charge in [-0.05, 0) is 24.1 Å². The third-order valence-electron chi connectivity index (χ3n) is 4.15. The number of sulfone groups is 1. The van der Waals surface area contributed by atoms with Crippen LogP contribution in [0.25, 0.3) is 10.2 Å². The van der Waals surface area contributed by atoms with Crippen molar-refractivity contribution in [1.29, 1.82) is 0 Å². The molecule has 0 saturated heterocycles. The van der Waals surface area contributed by atoms with Gasteiger partial charge in [-0.1, -0.05) is 64.9 Å². The van der Waals surface area contributed by atoms with Gasteiger partial charge in [0.1, 0.15) is 0 Å². The summed E-state index contributed by atoms with van der Waals surface area (Å²) in [5, 5.41) is 1.07. The van der Waals surface area contributed by atoms with Gasteiger partial charge < -0.3 is 4.57 Å². The molecule has 0 unspecified atom stereocenters. The van der Waals surface area contributed by atoms with Crippen molar-refractivity contribution < 1.29 is 13.2 Å². The molecule has 3 aromatic rings. The van der Waals surface area contributed by atoms with E-state index in [1.165, 1.54) is 11.3 Å². The van der Waals surface area contributed by atoms with Gasteiger partial charge in [0.25, 0.3) is 0 Å². The minimum atomic E-state index is -3.27. The molecule has 0 radical (unpaired) electrons. The zero-order valence-electron chi connectivity index (χ0n) is 15.1. The summed E-state index contributed by atoms with van der Waals surface area (Å²) >= 11 is 13.7. The number of carbonyl (C=O) groups is 1. The van der Waals surface area contributed by atoms with Crippen molar-refractivity contribution in [1.82, 2.24) is 4.57 Å². The molecule has 0 spiro atoms. The minimum absolute atomic E-state index is 0.0263. The van der Waals surface area contributed by atoms with E-state index in [4.69, 9.17) is 23.2 Å². The Morgan fingerprint density at radius 2 is 1.79 bits per heavy atom. The SMILES string of the molecule is Cn1c(=NC(=O)CCCS(=O)(=O)Cc2ccccc2)sc2c(Cl)ccc(Cl)c21. The number of rotatable bonds is 6. The molecule has 28 heavy (non-hydrogen) atoms. The van der Waals surface area contributed by atoms with Crippen LogP contribution in [0.15, 0.2) is 47.5 Å². The topological polar surface area (TPSA) is 68.5 Å². The van der Waals surface area contributed by atoms with Crippen molar-refractivity contribution in [3.8, 4) is 0 Å². The van der Waals surface area contributed by atoms with Crippen molar-refractivity contribution in [2.75, 3.05) is 5.75 Å². The summed E-state index contributed by atoms with van der Waals surface area (Å²) in [6, 6.07) is 12.4. The number of carbonyl (C=O) groups excluding carboxylic acids is 1. The monoisotopic (exact) mass is 456 g/mol. The summed E-state index contributed by atoms with van der Waals surface area (Å²) in [4.78, 5) is 16.8. The zero-order valence-corrected chi connectivity index (χ0v) is 18.2. The summed E-state index contributed by atoms with van der Waals surface area (Å²) in [5.74, 6) is -0.454. The normalized spacial score (nSPS) is 12.6. The molecule has 0 bridgehead atoms. The van der Waals surface area contributed by atoms with E-state index in [0.29, 0.717) is 14.8 Å². The van der Waals surface area contributed by atoms with Crippen LogP contribution in [-0.4, -0.2) is 24.6 Å². The molecule has 1 heterocycles. The van der Waals surface area contributed by atoms with Crippen LogP contribution in [0.5, 0.6) is 0 Å². The third kappa shape index (κ3) is 5.03. The highest BCUT2D eigenvalue weighted by molar-refractivity contribution is 7.90. The molecule has 0 atom stereocenters. The molecule has 1 aromatic heterocycles. The predicted octanol–water partition coefficient (Wildman–Crippen LogP) is 4.37. The molecule has 148 valence electrons. The summed E-state index contributed by atoms with van der Waals surface area (Å²) in [5.41, 5.74) is 1.46. The van der Waals surface area contributed by atoms with Crippen LogP contribution in [0.1, 0.15) is 18.4 Å². The highest BCUT2D eigenvalue weighted by atomic mass is 35.5. The summed E-state index contributed by atoms with van der Waals surface area (Å²) in [6.07, 6.45) is 0.289. The van der Waals surface area contributed by atoms with Crippen LogP contribution in [-0.2, 0) is 27.4 Å². The highest BCUT2D eigenvalue weighted by Gasteiger charge is 2.14. The maximum atomic E-state index is 12.2. The fourth-order valence-corrected chi connectivity index (χ4v) is 5.90.